The summed E-state index contributed by atoms with van der Waals surface area (Å²) in [5.74, 6) is 1.33. The highest BCUT2D eigenvalue weighted by Crippen LogP contribution is 2.31. The van der Waals surface area contributed by atoms with Gasteiger partial charge >= 0.3 is 6.03 Å². The number of para-hydroxylation sites is 2. The first kappa shape index (κ1) is 17.3. The topological polar surface area (TPSA) is 61.8 Å². The van der Waals surface area contributed by atoms with Gasteiger partial charge in [0.2, 0.25) is 0 Å². The highest BCUT2D eigenvalue weighted by Gasteiger charge is 2.22. The monoisotopic (exact) mass is 340 g/mol. The van der Waals surface area contributed by atoms with E-state index >= 15 is 0 Å². The second kappa shape index (κ2) is 8.53. The Labute approximate surface area is 148 Å². The minimum atomic E-state index is -0.250. The zero-order valence-corrected chi connectivity index (χ0v) is 14.2. The normalized spacial score (nSPS) is 13.3. The van der Waals surface area contributed by atoms with Gasteiger partial charge in [0.15, 0.2) is 0 Å². The molecule has 0 atom stereocenters. The Balaban J connectivity index is 1.66. The summed E-state index contributed by atoms with van der Waals surface area (Å²) in [7, 11) is 0. The first-order valence-electron chi connectivity index (χ1n) is 8.69. The molecule has 0 aliphatic heterocycles. The second-order valence-electron chi connectivity index (χ2n) is 6.31. The molecular formula is C20H24N2O3. The molecule has 2 aromatic rings. The molecule has 0 radical (unpaired) electrons. The van der Waals surface area contributed by atoms with Crippen molar-refractivity contribution >= 4 is 11.7 Å². The summed E-state index contributed by atoms with van der Waals surface area (Å²) in [5.41, 5.74) is 1.67. The maximum Gasteiger partial charge on any atom is 0.322 e. The van der Waals surface area contributed by atoms with Gasteiger partial charge in [-0.1, -0.05) is 42.5 Å². The summed E-state index contributed by atoms with van der Waals surface area (Å²) in [5, 5.41) is 12.2. The Kier molecular flexibility index (Phi) is 5.90. The zero-order valence-electron chi connectivity index (χ0n) is 14.2. The number of ether oxygens (including phenoxy) is 1. The van der Waals surface area contributed by atoms with Crippen molar-refractivity contribution in [1.29, 1.82) is 0 Å². The van der Waals surface area contributed by atoms with Gasteiger partial charge in [0, 0.05) is 13.1 Å². The van der Waals surface area contributed by atoms with Gasteiger partial charge in [0.05, 0.1) is 18.9 Å². The van der Waals surface area contributed by atoms with Gasteiger partial charge in [0.1, 0.15) is 5.75 Å². The van der Waals surface area contributed by atoms with Crippen LogP contribution in [0.2, 0.25) is 0 Å². The van der Waals surface area contributed by atoms with Gasteiger partial charge in [-0.05, 0) is 36.5 Å². The summed E-state index contributed by atoms with van der Waals surface area (Å²) < 4.78 is 5.84. The van der Waals surface area contributed by atoms with Crippen molar-refractivity contribution in [3.05, 3.63) is 60.2 Å². The number of carbonyl (C=O) groups excluding carboxylic acids is 1. The fourth-order valence-electron chi connectivity index (χ4n) is 2.56. The molecule has 1 fully saturated rings. The van der Waals surface area contributed by atoms with E-state index < -0.39 is 0 Å². The third-order valence-electron chi connectivity index (χ3n) is 4.17. The highest BCUT2D eigenvalue weighted by molar-refractivity contribution is 5.91. The van der Waals surface area contributed by atoms with Crippen molar-refractivity contribution in [2.75, 3.05) is 25.1 Å². The predicted octanol–water partition coefficient (Wildman–Crippen LogP) is 3.50. The molecule has 5 heteroatoms. The Hall–Kier alpha value is -2.53. The number of aliphatic hydroxyl groups is 1. The number of rotatable bonds is 8. The van der Waals surface area contributed by atoms with Crippen LogP contribution in [-0.4, -0.2) is 35.8 Å². The van der Waals surface area contributed by atoms with E-state index in [-0.39, 0.29) is 19.2 Å². The van der Waals surface area contributed by atoms with Crippen molar-refractivity contribution in [1.82, 2.24) is 4.90 Å². The van der Waals surface area contributed by atoms with Crippen molar-refractivity contribution in [2.24, 2.45) is 5.92 Å². The average molecular weight is 340 g/mol. The second-order valence-corrected chi connectivity index (χ2v) is 6.31. The standard InChI is InChI=1S/C20H24N2O3/c23-13-12-22(14-16-6-2-1-3-7-16)20(24)21-18-8-4-5-9-19(18)25-15-17-10-11-17/h1-9,17,23H,10-15H2,(H,21,24). The zero-order chi connectivity index (χ0) is 17.5. The van der Waals surface area contributed by atoms with Crippen LogP contribution in [0.4, 0.5) is 10.5 Å². The molecule has 132 valence electrons. The van der Waals surface area contributed by atoms with Gasteiger partial charge in [-0.3, -0.25) is 0 Å². The fourth-order valence-corrected chi connectivity index (χ4v) is 2.56. The van der Waals surface area contributed by atoms with Gasteiger partial charge < -0.3 is 20.1 Å². The van der Waals surface area contributed by atoms with E-state index in [0.717, 1.165) is 5.56 Å². The summed E-state index contributed by atoms with van der Waals surface area (Å²) in [6.07, 6.45) is 2.44. The van der Waals surface area contributed by atoms with Crippen LogP contribution >= 0.6 is 0 Å². The molecule has 25 heavy (non-hydrogen) atoms. The Morgan fingerprint density at radius 2 is 1.84 bits per heavy atom. The Bertz CT molecular complexity index is 686. The van der Waals surface area contributed by atoms with Crippen LogP contribution in [0.25, 0.3) is 0 Å². The minimum Gasteiger partial charge on any atom is -0.491 e. The number of nitrogens with one attached hydrogen (secondary N) is 1. The molecule has 2 N–H and O–H groups in total. The quantitative estimate of drug-likeness (QED) is 0.773. The first-order chi connectivity index (χ1) is 12.3. The number of carbonyl (C=O) groups is 1. The smallest absolute Gasteiger partial charge is 0.322 e. The van der Waals surface area contributed by atoms with E-state index in [2.05, 4.69) is 5.32 Å². The van der Waals surface area contributed by atoms with Gasteiger partial charge in [-0.2, -0.15) is 0 Å². The molecule has 0 saturated heterocycles. The van der Waals surface area contributed by atoms with Crippen LogP contribution < -0.4 is 10.1 Å². The molecule has 0 bridgehead atoms. The maximum absolute atomic E-state index is 12.7. The molecule has 2 amide bonds. The molecule has 2 aromatic carbocycles. The molecule has 3 rings (SSSR count). The van der Waals surface area contributed by atoms with E-state index in [1.165, 1.54) is 12.8 Å². The molecule has 1 aliphatic carbocycles. The Morgan fingerprint density at radius 1 is 1.12 bits per heavy atom. The van der Waals surface area contributed by atoms with E-state index in [4.69, 9.17) is 4.74 Å². The minimum absolute atomic E-state index is 0.0833. The lowest BCUT2D eigenvalue weighted by atomic mass is 10.2. The van der Waals surface area contributed by atoms with Crippen LogP contribution in [0.15, 0.2) is 54.6 Å². The Morgan fingerprint density at radius 3 is 2.56 bits per heavy atom. The van der Waals surface area contributed by atoms with Gasteiger partial charge in [-0.15, -0.1) is 0 Å². The van der Waals surface area contributed by atoms with Crippen LogP contribution in [-0.2, 0) is 6.54 Å². The molecule has 5 nitrogen and oxygen atoms in total. The molecule has 0 heterocycles. The largest absolute Gasteiger partial charge is 0.491 e. The average Bonchev–Trinajstić information content (AvgIpc) is 3.46. The van der Waals surface area contributed by atoms with E-state index in [0.29, 0.717) is 30.5 Å². The molecule has 1 saturated carbocycles. The SMILES string of the molecule is O=C(Nc1ccccc1OCC1CC1)N(CCO)Cc1ccccc1. The van der Waals surface area contributed by atoms with Crippen LogP contribution in [0.3, 0.4) is 0 Å². The van der Waals surface area contributed by atoms with Crippen LogP contribution in [0.1, 0.15) is 18.4 Å². The van der Waals surface area contributed by atoms with Crippen LogP contribution in [0.5, 0.6) is 5.75 Å². The van der Waals surface area contributed by atoms with Gasteiger partial charge in [0.25, 0.3) is 0 Å². The van der Waals surface area contributed by atoms with Crippen molar-refractivity contribution < 1.29 is 14.6 Å². The van der Waals surface area contributed by atoms with E-state index in [9.17, 15) is 9.90 Å². The number of nitrogens with zero attached hydrogens (tertiary/aromatic N) is 1. The van der Waals surface area contributed by atoms with Crippen LogP contribution in [0, 0.1) is 5.92 Å². The molecule has 0 spiro atoms. The molecular weight excluding hydrogens is 316 g/mol. The van der Waals surface area contributed by atoms with Crippen molar-refractivity contribution in [3.8, 4) is 5.75 Å². The third kappa shape index (κ3) is 5.22. The number of benzene rings is 2. The molecule has 1 aliphatic rings. The lowest BCUT2D eigenvalue weighted by Gasteiger charge is -2.23. The first-order valence-corrected chi connectivity index (χ1v) is 8.69. The van der Waals surface area contributed by atoms with Gasteiger partial charge in [-0.25, -0.2) is 4.79 Å². The van der Waals surface area contributed by atoms with Crippen molar-refractivity contribution in [3.63, 3.8) is 0 Å². The summed E-state index contributed by atoms with van der Waals surface area (Å²) in [6, 6.07) is 16.9. The molecule has 0 aromatic heterocycles. The number of aliphatic hydroxyl groups excluding tert-OH is 1. The highest BCUT2D eigenvalue weighted by atomic mass is 16.5. The maximum atomic E-state index is 12.7. The number of amides is 2. The van der Waals surface area contributed by atoms with Crippen molar-refractivity contribution in [2.45, 2.75) is 19.4 Å². The summed E-state index contributed by atoms with van der Waals surface area (Å²) in [4.78, 5) is 14.2. The fraction of sp³-hybridized carbons (Fsp3) is 0.350. The summed E-state index contributed by atoms with van der Waals surface area (Å²) in [6.45, 7) is 1.32. The number of urea groups is 1. The lowest BCUT2D eigenvalue weighted by molar-refractivity contribution is 0.185. The molecule has 0 unspecified atom stereocenters. The van der Waals surface area contributed by atoms with E-state index in [1.54, 1.807) is 4.90 Å². The number of hydrogen-bond acceptors (Lipinski definition) is 3. The number of anilines is 1. The third-order valence-corrected chi connectivity index (χ3v) is 4.17. The predicted molar refractivity (Wildman–Crippen MR) is 97.6 cm³/mol. The lowest BCUT2D eigenvalue weighted by Crippen LogP contribution is -2.36. The summed E-state index contributed by atoms with van der Waals surface area (Å²) >= 11 is 0. The van der Waals surface area contributed by atoms with E-state index in [1.807, 2.05) is 54.6 Å². The number of hydrogen-bond donors (Lipinski definition) is 2.